The van der Waals surface area contributed by atoms with Gasteiger partial charge in [-0.1, -0.05) is 30.3 Å². The Bertz CT molecular complexity index is 1680. The molecule has 37 heavy (non-hydrogen) atoms. The number of hydrogen-bond donors (Lipinski definition) is 1. The zero-order chi connectivity index (χ0) is 25.5. The number of carbonyl (C=O) groups excluding carboxylic acids is 2. The van der Waals surface area contributed by atoms with Crippen molar-refractivity contribution in [3.8, 4) is 5.69 Å². The van der Waals surface area contributed by atoms with Gasteiger partial charge in [-0.25, -0.2) is 9.67 Å². The third-order valence-electron chi connectivity index (χ3n) is 6.59. The van der Waals surface area contributed by atoms with E-state index in [1.807, 2.05) is 48.5 Å². The molecule has 0 saturated carbocycles. The van der Waals surface area contributed by atoms with Crippen molar-refractivity contribution in [2.45, 2.75) is 18.5 Å². The first-order valence-corrected chi connectivity index (χ1v) is 12.6. The van der Waals surface area contributed by atoms with Gasteiger partial charge in [0.05, 0.1) is 35.0 Å². The molecule has 1 saturated heterocycles. The molecule has 1 aliphatic rings. The second kappa shape index (κ2) is 9.14. The van der Waals surface area contributed by atoms with Gasteiger partial charge in [-0.05, 0) is 29.8 Å². The number of thiazole rings is 1. The zero-order valence-corrected chi connectivity index (χ0v) is 20.6. The largest absolute Gasteiger partial charge is 0.345 e. The fraction of sp³-hybridized carbons (Fsp3) is 0.148. The van der Waals surface area contributed by atoms with Crippen LogP contribution in [0.5, 0.6) is 0 Å². The molecule has 1 fully saturated rings. The van der Waals surface area contributed by atoms with Crippen LogP contribution in [-0.2, 0) is 11.8 Å². The zero-order valence-electron chi connectivity index (χ0n) is 19.8. The second-order valence-corrected chi connectivity index (χ2v) is 9.63. The van der Waals surface area contributed by atoms with Gasteiger partial charge in [-0.15, -0.1) is 11.3 Å². The summed E-state index contributed by atoms with van der Waals surface area (Å²) < 4.78 is 3.26. The van der Waals surface area contributed by atoms with Crippen molar-refractivity contribution in [2.24, 2.45) is 7.05 Å². The van der Waals surface area contributed by atoms with E-state index in [9.17, 15) is 14.4 Å². The van der Waals surface area contributed by atoms with Gasteiger partial charge < -0.3 is 14.8 Å². The Morgan fingerprint density at radius 1 is 1.08 bits per heavy atom. The molecular weight excluding hydrogens is 488 g/mol. The smallest absolute Gasteiger partial charge is 0.271 e. The van der Waals surface area contributed by atoms with Crippen LogP contribution in [0.3, 0.4) is 0 Å². The highest BCUT2D eigenvalue weighted by molar-refractivity contribution is 7.07. The summed E-state index contributed by atoms with van der Waals surface area (Å²) in [6.45, 7) is 0. The van der Waals surface area contributed by atoms with Crippen LogP contribution >= 0.6 is 11.3 Å². The maximum Gasteiger partial charge on any atom is 0.271 e. The topological polar surface area (TPSA) is 102 Å². The minimum absolute atomic E-state index is 0. The maximum atomic E-state index is 13.4. The van der Waals surface area contributed by atoms with E-state index >= 15 is 0 Å². The van der Waals surface area contributed by atoms with Gasteiger partial charge in [-0.3, -0.25) is 14.4 Å². The van der Waals surface area contributed by atoms with E-state index in [-0.39, 0.29) is 31.3 Å². The first kappa shape index (κ1) is 22.9. The van der Waals surface area contributed by atoms with Crippen LogP contribution in [0.4, 0.5) is 5.69 Å². The molecule has 186 valence electrons. The van der Waals surface area contributed by atoms with Gasteiger partial charge in [0.15, 0.2) is 0 Å². The summed E-state index contributed by atoms with van der Waals surface area (Å²) in [5, 5.41) is 10.1. The SMILES string of the molecule is Cn1cc(-n2ncc3cc(N4C(=O)C[C@H](NC(=O)c5cscn5)[C@H]4c4ccccc4)ccc32)ccc1=O.[HH]. The van der Waals surface area contributed by atoms with E-state index < -0.39 is 6.04 Å². The predicted octanol–water partition coefficient (Wildman–Crippen LogP) is 3.70. The normalized spacial score (nSPS) is 17.4. The standard InChI is InChI=1S/C27H22N6O3S.H2/c1-31-14-20(8-10-24(31)34)33-23-9-7-19(11-18(23)13-29-33)32-25(35)12-21(26(32)17-5-3-2-4-6-17)30-27(36)22-15-37-16-28-22;/h2-11,13-16,21,26H,12H2,1H3,(H,30,36);1H/t21-,26+;/m0./s1. The number of rotatable bonds is 5. The summed E-state index contributed by atoms with van der Waals surface area (Å²) in [6.07, 6.45) is 3.64. The van der Waals surface area contributed by atoms with E-state index in [0.717, 1.165) is 27.8 Å². The minimum atomic E-state index is -0.423. The Balaban J connectivity index is 0.00000294. The van der Waals surface area contributed by atoms with Crippen LogP contribution in [-0.4, -0.2) is 37.2 Å². The van der Waals surface area contributed by atoms with Crippen molar-refractivity contribution >= 4 is 39.7 Å². The lowest BCUT2D eigenvalue weighted by Gasteiger charge is -2.29. The molecule has 0 radical (unpaired) electrons. The van der Waals surface area contributed by atoms with Gasteiger partial charge in [0, 0.05) is 43.6 Å². The van der Waals surface area contributed by atoms with Crippen LogP contribution < -0.4 is 15.8 Å². The third kappa shape index (κ3) is 4.11. The Hall–Kier alpha value is -4.57. The molecule has 3 aromatic heterocycles. The number of pyridine rings is 1. The molecule has 6 rings (SSSR count). The summed E-state index contributed by atoms with van der Waals surface area (Å²) in [6, 6.07) is 17.9. The maximum absolute atomic E-state index is 13.4. The van der Waals surface area contributed by atoms with Crippen LogP contribution in [0.2, 0.25) is 0 Å². The van der Waals surface area contributed by atoms with Crippen molar-refractivity contribution in [3.63, 3.8) is 0 Å². The van der Waals surface area contributed by atoms with Crippen LogP contribution in [0.25, 0.3) is 16.6 Å². The molecular formula is C27H24N6O3S. The van der Waals surface area contributed by atoms with E-state index in [2.05, 4.69) is 15.4 Å². The van der Waals surface area contributed by atoms with Gasteiger partial charge in [-0.2, -0.15) is 5.10 Å². The molecule has 1 aliphatic heterocycles. The lowest BCUT2D eigenvalue weighted by Crippen LogP contribution is -2.40. The van der Waals surface area contributed by atoms with Crippen molar-refractivity contribution in [1.29, 1.82) is 0 Å². The highest BCUT2D eigenvalue weighted by Gasteiger charge is 2.42. The summed E-state index contributed by atoms with van der Waals surface area (Å²) in [5.41, 5.74) is 5.11. The monoisotopic (exact) mass is 512 g/mol. The fourth-order valence-electron chi connectivity index (χ4n) is 4.85. The lowest BCUT2D eigenvalue weighted by molar-refractivity contribution is -0.117. The highest BCUT2D eigenvalue weighted by atomic mass is 32.1. The molecule has 0 spiro atoms. The highest BCUT2D eigenvalue weighted by Crippen LogP contribution is 2.38. The van der Waals surface area contributed by atoms with Crippen LogP contribution in [0.1, 0.15) is 29.9 Å². The number of aryl methyl sites for hydroxylation is 1. The van der Waals surface area contributed by atoms with E-state index in [0.29, 0.717) is 5.69 Å². The molecule has 5 aromatic rings. The molecule has 2 aromatic carbocycles. The molecule has 2 amide bonds. The number of amides is 2. The van der Waals surface area contributed by atoms with Crippen molar-refractivity contribution in [2.75, 3.05) is 4.90 Å². The first-order valence-electron chi connectivity index (χ1n) is 11.7. The number of nitrogens with one attached hydrogen (secondary N) is 1. The number of carbonyl (C=O) groups is 2. The molecule has 0 aliphatic carbocycles. The fourth-order valence-corrected chi connectivity index (χ4v) is 5.38. The van der Waals surface area contributed by atoms with E-state index in [1.165, 1.54) is 22.0 Å². The summed E-state index contributed by atoms with van der Waals surface area (Å²) >= 11 is 1.35. The Morgan fingerprint density at radius 2 is 1.89 bits per heavy atom. The second-order valence-electron chi connectivity index (χ2n) is 8.91. The summed E-state index contributed by atoms with van der Waals surface area (Å²) in [5.74, 6) is -0.377. The Labute approximate surface area is 217 Å². The van der Waals surface area contributed by atoms with Crippen molar-refractivity contribution in [3.05, 3.63) is 106 Å². The van der Waals surface area contributed by atoms with Gasteiger partial charge in [0.2, 0.25) is 11.5 Å². The van der Waals surface area contributed by atoms with Crippen molar-refractivity contribution in [1.82, 2.24) is 24.6 Å². The Morgan fingerprint density at radius 3 is 2.65 bits per heavy atom. The van der Waals surface area contributed by atoms with Gasteiger partial charge >= 0.3 is 0 Å². The van der Waals surface area contributed by atoms with E-state index in [1.54, 1.807) is 46.0 Å². The van der Waals surface area contributed by atoms with Crippen molar-refractivity contribution < 1.29 is 11.0 Å². The average Bonchev–Trinajstić information content (AvgIpc) is 3.65. The van der Waals surface area contributed by atoms with E-state index in [4.69, 9.17) is 0 Å². The van der Waals surface area contributed by atoms with Gasteiger partial charge in [0.1, 0.15) is 5.69 Å². The minimum Gasteiger partial charge on any atom is -0.345 e. The number of anilines is 1. The predicted molar refractivity (Wildman–Crippen MR) is 143 cm³/mol. The van der Waals surface area contributed by atoms with Crippen LogP contribution in [0, 0.1) is 0 Å². The number of fused-ring (bicyclic) bond motifs is 1. The lowest BCUT2D eigenvalue weighted by atomic mass is 9.99. The summed E-state index contributed by atoms with van der Waals surface area (Å²) in [7, 11) is 1.70. The molecule has 0 bridgehead atoms. The molecule has 0 unspecified atom stereocenters. The number of hydrogen-bond acceptors (Lipinski definition) is 6. The molecule has 4 heterocycles. The third-order valence-corrected chi connectivity index (χ3v) is 7.18. The average molecular weight is 513 g/mol. The Kier molecular flexibility index (Phi) is 5.65. The first-order chi connectivity index (χ1) is 18.0. The summed E-state index contributed by atoms with van der Waals surface area (Å²) in [4.78, 5) is 43.9. The number of aromatic nitrogens is 4. The number of nitrogens with zero attached hydrogens (tertiary/aromatic N) is 5. The van der Waals surface area contributed by atoms with Gasteiger partial charge in [0.25, 0.3) is 5.91 Å². The van der Waals surface area contributed by atoms with Crippen LogP contribution in [0.15, 0.2) is 88.7 Å². The molecule has 10 heteroatoms. The molecule has 9 nitrogen and oxygen atoms in total. The quantitative estimate of drug-likeness (QED) is 0.387. The molecule has 1 N–H and O–H groups in total. The number of benzene rings is 2. The molecule has 2 atom stereocenters.